The fourth-order valence-corrected chi connectivity index (χ4v) is 4.58. The minimum Gasteiger partial charge on any atom is -0.381 e. The molecule has 1 aliphatic rings. The van der Waals surface area contributed by atoms with Crippen molar-refractivity contribution >= 4 is 15.5 Å². The van der Waals surface area contributed by atoms with E-state index in [-0.39, 0.29) is 5.75 Å². The van der Waals surface area contributed by atoms with Crippen LogP contribution in [-0.2, 0) is 9.84 Å². The van der Waals surface area contributed by atoms with Crippen molar-refractivity contribution in [2.45, 2.75) is 32.6 Å². The minimum absolute atomic E-state index is 0.243. The second-order valence-corrected chi connectivity index (χ2v) is 10.4. The summed E-state index contributed by atoms with van der Waals surface area (Å²) in [4.78, 5) is 4.67. The number of sulfone groups is 1. The van der Waals surface area contributed by atoms with E-state index in [1.807, 2.05) is 6.92 Å². The van der Waals surface area contributed by atoms with E-state index in [2.05, 4.69) is 34.3 Å². The van der Waals surface area contributed by atoms with E-state index >= 15 is 0 Å². The molecule has 0 spiro atoms. The number of nitrogens with one attached hydrogen (secondary N) is 1. The van der Waals surface area contributed by atoms with Gasteiger partial charge in [-0.15, -0.1) is 0 Å². The van der Waals surface area contributed by atoms with Gasteiger partial charge >= 0.3 is 0 Å². The van der Waals surface area contributed by atoms with Gasteiger partial charge in [-0.1, -0.05) is 12.2 Å². The Morgan fingerprint density at radius 1 is 1.13 bits per heavy atom. The lowest BCUT2D eigenvalue weighted by Gasteiger charge is -2.23. The highest BCUT2D eigenvalue weighted by Gasteiger charge is 2.16. The van der Waals surface area contributed by atoms with Crippen LogP contribution in [0.3, 0.4) is 0 Å². The molecule has 0 saturated carbocycles. The Bertz CT molecular complexity index is 885. The summed E-state index contributed by atoms with van der Waals surface area (Å²) in [5.74, 6) is -1.47. The van der Waals surface area contributed by atoms with Gasteiger partial charge in [-0.05, 0) is 63.4 Å². The largest absolute Gasteiger partial charge is 0.381 e. The first-order valence-corrected chi connectivity index (χ1v) is 12.9. The van der Waals surface area contributed by atoms with E-state index in [0.29, 0.717) is 18.7 Å². The van der Waals surface area contributed by atoms with E-state index in [9.17, 15) is 17.2 Å². The van der Waals surface area contributed by atoms with Gasteiger partial charge < -0.3 is 15.1 Å². The van der Waals surface area contributed by atoms with Crippen LogP contribution < -0.4 is 5.32 Å². The standard InChI is InChI=1S/C23H35F2N3O2S/c1-4-23-19(10-12-26-20-8-9-21(24)22(25)18-20)11-16-28(15-7-13-27(23)2)14-5-6-17-31(3,29)30/h4,8-10,18,26H,5-7,11-17H2,1-3H3/b19-10-,23-4+. The van der Waals surface area contributed by atoms with E-state index in [0.717, 1.165) is 57.6 Å². The Morgan fingerprint density at radius 2 is 1.90 bits per heavy atom. The van der Waals surface area contributed by atoms with Crippen molar-refractivity contribution in [3.05, 3.63) is 53.3 Å². The zero-order chi connectivity index (χ0) is 22.9. The number of anilines is 1. The van der Waals surface area contributed by atoms with E-state index in [1.165, 1.54) is 23.6 Å². The van der Waals surface area contributed by atoms with Crippen LogP contribution in [0.4, 0.5) is 14.5 Å². The average molecular weight is 456 g/mol. The van der Waals surface area contributed by atoms with Gasteiger partial charge in [-0.2, -0.15) is 0 Å². The summed E-state index contributed by atoms with van der Waals surface area (Å²) in [6, 6.07) is 3.82. The zero-order valence-electron chi connectivity index (χ0n) is 18.8. The third-order valence-corrected chi connectivity index (χ3v) is 6.52. The highest BCUT2D eigenvalue weighted by Crippen LogP contribution is 2.21. The summed E-state index contributed by atoms with van der Waals surface area (Å²) >= 11 is 0. The number of nitrogens with zero attached hydrogens (tertiary/aromatic N) is 2. The van der Waals surface area contributed by atoms with Crippen LogP contribution >= 0.6 is 0 Å². The molecule has 5 nitrogen and oxygen atoms in total. The molecule has 8 heteroatoms. The fourth-order valence-electron chi connectivity index (χ4n) is 3.85. The molecule has 0 unspecified atom stereocenters. The molecule has 0 atom stereocenters. The Kier molecular flexibility index (Phi) is 9.96. The first-order chi connectivity index (χ1) is 14.7. The molecule has 31 heavy (non-hydrogen) atoms. The maximum absolute atomic E-state index is 13.4. The van der Waals surface area contributed by atoms with Gasteiger partial charge in [0, 0.05) is 56.1 Å². The Morgan fingerprint density at radius 3 is 2.58 bits per heavy atom. The SMILES string of the molecule is C/C=C1\C(=C/CNc2ccc(F)c(F)c2)CCN(CCCCS(C)(=O)=O)CCCN1C. The molecule has 1 fully saturated rings. The first kappa shape index (κ1) is 25.3. The molecule has 1 heterocycles. The smallest absolute Gasteiger partial charge is 0.160 e. The summed E-state index contributed by atoms with van der Waals surface area (Å²) in [6.45, 7) is 6.27. The number of halogens is 2. The van der Waals surface area contributed by atoms with E-state index < -0.39 is 21.5 Å². The molecular weight excluding hydrogens is 420 g/mol. The molecule has 1 aromatic rings. The summed E-state index contributed by atoms with van der Waals surface area (Å²) < 4.78 is 49.2. The molecular formula is C23H35F2N3O2S. The molecule has 0 amide bonds. The predicted molar refractivity (Wildman–Crippen MR) is 124 cm³/mol. The predicted octanol–water partition coefficient (Wildman–Crippen LogP) is 4.06. The van der Waals surface area contributed by atoms with Crippen LogP contribution in [0.1, 0.15) is 32.6 Å². The molecule has 0 aliphatic carbocycles. The third kappa shape index (κ3) is 8.99. The quantitative estimate of drug-likeness (QED) is 0.599. The zero-order valence-corrected chi connectivity index (χ0v) is 19.6. The fraction of sp³-hybridized carbons (Fsp3) is 0.565. The van der Waals surface area contributed by atoms with Crippen LogP contribution in [0, 0.1) is 11.6 Å². The van der Waals surface area contributed by atoms with Gasteiger partial charge in [0.1, 0.15) is 9.84 Å². The number of allylic oxidation sites excluding steroid dienone is 2. The molecule has 1 saturated heterocycles. The number of rotatable bonds is 8. The van der Waals surface area contributed by atoms with Crippen LogP contribution in [0.5, 0.6) is 0 Å². The lowest BCUT2D eigenvalue weighted by atomic mass is 10.1. The normalized spacial score (nSPS) is 19.3. The number of unbranched alkanes of at least 4 members (excludes halogenated alkanes) is 1. The van der Waals surface area contributed by atoms with Gasteiger partial charge in [-0.3, -0.25) is 0 Å². The highest BCUT2D eigenvalue weighted by molar-refractivity contribution is 7.90. The number of likely N-dealkylation sites (N-methyl/N-ethyl adjacent to an activating group) is 1. The number of hydrogen-bond acceptors (Lipinski definition) is 5. The summed E-state index contributed by atoms with van der Waals surface area (Å²) in [6.07, 6.45) is 8.99. The van der Waals surface area contributed by atoms with Gasteiger partial charge in [0.05, 0.1) is 0 Å². The van der Waals surface area contributed by atoms with Crippen molar-refractivity contribution < 1.29 is 17.2 Å². The highest BCUT2D eigenvalue weighted by atomic mass is 32.2. The Labute approximate surface area is 185 Å². The average Bonchev–Trinajstić information content (AvgIpc) is 2.77. The Hall–Kier alpha value is -1.93. The molecule has 1 aromatic carbocycles. The summed E-state index contributed by atoms with van der Waals surface area (Å²) in [7, 11) is -0.813. The van der Waals surface area contributed by atoms with E-state index in [4.69, 9.17) is 0 Å². The second-order valence-electron chi connectivity index (χ2n) is 8.12. The van der Waals surface area contributed by atoms with Crippen LogP contribution in [0.25, 0.3) is 0 Å². The van der Waals surface area contributed by atoms with Crippen molar-refractivity contribution in [2.75, 3.05) is 57.1 Å². The lowest BCUT2D eigenvalue weighted by Crippen LogP contribution is -2.28. The molecule has 0 bridgehead atoms. The van der Waals surface area contributed by atoms with Crippen LogP contribution in [0.2, 0.25) is 0 Å². The van der Waals surface area contributed by atoms with Crippen molar-refractivity contribution in [3.8, 4) is 0 Å². The molecule has 174 valence electrons. The van der Waals surface area contributed by atoms with Crippen molar-refractivity contribution in [1.29, 1.82) is 0 Å². The summed E-state index contributed by atoms with van der Waals surface area (Å²) in [5, 5.41) is 3.14. The molecule has 0 radical (unpaired) electrons. The van der Waals surface area contributed by atoms with Crippen molar-refractivity contribution in [1.82, 2.24) is 9.80 Å². The maximum atomic E-state index is 13.4. The third-order valence-electron chi connectivity index (χ3n) is 5.49. The monoisotopic (exact) mass is 455 g/mol. The molecule has 0 aromatic heterocycles. The molecule has 1 aliphatic heterocycles. The minimum atomic E-state index is -2.90. The van der Waals surface area contributed by atoms with Gasteiger partial charge in [0.25, 0.3) is 0 Å². The van der Waals surface area contributed by atoms with E-state index in [1.54, 1.807) is 0 Å². The lowest BCUT2D eigenvalue weighted by molar-refractivity contribution is 0.265. The topological polar surface area (TPSA) is 52.7 Å². The first-order valence-electron chi connectivity index (χ1n) is 10.9. The van der Waals surface area contributed by atoms with Gasteiger partial charge in [-0.25, -0.2) is 17.2 Å². The second kappa shape index (κ2) is 12.2. The van der Waals surface area contributed by atoms with Crippen LogP contribution in [0.15, 0.2) is 41.6 Å². The van der Waals surface area contributed by atoms with Crippen LogP contribution in [-0.4, -0.2) is 70.0 Å². The summed E-state index contributed by atoms with van der Waals surface area (Å²) in [5.41, 5.74) is 2.94. The van der Waals surface area contributed by atoms with Gasteiger partial charge in [0.15, 0.2) is 11.6 Å². The molecule has 1 N–H and O–H groups in total. The van der Waals surface area contributed by atoms with Crippen molar-refractivity contribution in [2.24, 2.45) is 0 Å². The van der Waals surface area contributed by atoms with Crippen molar-refractivity contribution in [3.63, 3.8) is 0 Å². The molecule has 2 rings (SSSR count). The number of hydrogen-bond donors (Lipinski definition) is 1. The number of benzene rings is 1. The van der Waals surface area contributed by atoms with Gasteiger partial charge in [0.2, 0.25) is 0 Å². The Balaban J connectivity index is 2.00. The maximum Gasteiger partial charge on any atom is 0.160 e.